The van der Waals surface area contributed by atoms with Crippen LogP contribution in [0.3, 0.4) is 0 Å². The zero-order valence-corrected chi connectivity index (χ0v) is 7.82. The van der Waals surface area contributed by atoms with Crippen LogP contribution in [0, 0.1) is 17.8 Å². The van der Waals surface area contributed by atoms with Crippen molar-refractivity contribution in [1.29, 1.82) is 0 Å². The second-order valence-corrected chi connectivity index (χ2v) is 2.83. The fourth-order valence-corrected chi connectivity index (χ4v) is 0.875. The largest absolute Gasteiger partial charge is 0.289 e. The van der Waals surface area contributed by atoms with E-state index in [0.29, 0.717) is 0 Å². The van der Waals surface area contributed by atoms with Gasteiger partial charge in [0.1, 0.15) is 0 Å². The number of hydrogen-bond donors (Lipinski definition) is 2. The second kappa shape index (κ2) is 5.05. The van der Waals surface area contributed by atoms with Crippen LogP contribution in [-0.4, -0.2) is 11.1 Å². The molecule has 0 saturated heterocycles. The lowest BCUT2D eigenvalue weighted by molar-refractivity contribution is -0.131. The van der Waals surface area contributed by atoms with Crippen LogP contribution in [0.4, 0.5) is 0 Å². The number of carbonyl (C=O) groups excluding carboxylic acids is 1. The summed E-state index contributed by atoms with van der Waals surface area (Å²) in [5, 5.41) is 8.34. The molecule has 14 heavy (non-hydrogen) atoms. The van der Waals surface area contributed by atoms with Crippen LogP contribution in [0.5, 0.6) is 0 Å². The lowest BCUT2D eigenvalue weighted by Crippen LogP contribution is -2.24. The molecule has 2 N–H and O–H groups in total. The Bertz CT molecular complexity index is 362. The van der Waals surface area contributed by atoms with E-state index in [1.807, 2.05) is 30.3 Å². The molecule has 1 aromatic rings. The van der Waals surface area contributed by atoms with Gasteiger partial charge in [-0.2, -0.15) is 0 Å². The molecular formula is C11H11NO2. The molecule has 1 rings (SSSR count). The van der Waals surface area contributed by atoms with Gasteiger partial charge in [-0.25, -0.2) is 5.48 Å². The third-order valence-corrected chi connectivity index (χ3v) is 1.71. The molecule has 72 valence electrons. The van der Waals surface area contributed by atoms with E-state index in [1.54, 1.807) is 12.4 Å². The first kappa shape index (κ1) is 10.3. The van der Waals surface area contributed by atoms with E-state index in [9.17, 15) is 4.79 Å². The van der Waals surface area contributed by atoms with Crippen molar-refractivity contribution in [3.63, 3.8) is 0 Å². The summed E-state index contributed by atoms with van der Waals surface area (Å²) < 4.78 is 0. The molecular weight excluding hydrogens is 178 g/mol. The van der Waals surface area contributed by atoms with Crippen molar-refractivity contribution in [2.75, 3.05) is 0 Å². The van der Waals surface area contributed by atoms with Crippen LogP contribution >= 0.6 is 0 Å². The van der Waals surface area contributed by atoms with Gasteiger partial charge in [-0.05, 0) is 19.1 Å². The molecule has 0 radical (unpaired) electrons. The Morgan fingerprint density at radius 2 is 2.07 bits per heavy atom. The second-order valence-electron chi connectivity index (χ2n) is 2.83. The molecule has 0 bridgehead atoms. The summed E-state index contributed by atoms with van der Waals surface area (Å²) in [6.07, 6.45) is 0. The quantitative estimate of drug-likeness (QED) is 0.396. The maximum absolute atomic E-state index is 10.9. The molecule has 1 atom stereocenters. The minimum Gasteiger partial charge on any atom is -0.289 e. The van der Waals surface area contributed by atoms with Crippen molar-refractivity contribution in [2.24, 2.45) is 5.92 Å². The third-order valence-electron chi connectivity index (χ3n) is 1.71. The predicted molar refractivity (Wildman–Crippen MR) is 52.4 cm³/mol. The molecule has 1 amide bonds. The van der Waals surface area contributed by atoms with Crippen molar-refractivity contribution in [2.45, 2.75) is 6.92 Å². The van der Waals surface area contributed by atoms with Crippen LogP contribution in [-0.2, 0) is 4.79 Å². The normalized spacial score (nSPS) is 11.0. The topological polar surface area (TPSA) is 49.3 Å². The van der Waals surface area contributed by atoms with Crippen LogP contribution in [0.25, 0.3) is 0 Å². The van der Waals surface area contributed by atoms with Gasteiger partial charge < -0.3 is 0 Å². The molecule has 3 nitrogen and oxygen atoms in total. The Morgan fingerprint density at radius 1 is 1.43 bits per heavy atom. The van der Waals surface area contributed by atoms with E-state index in [4.69, 9.17) is 5.21 Å². The molecule has 0 saturated carbocycles. The first-order valence-electron chi connectivity index (χ1n) is 4.24. The minimum absolute atomic E-state index is 0.492. The SMILES string of the molecule is CC(C#Cc1ccccc1)C(=O)NO. The van der Waals surface area contributed by atoms with Crippen LogP contribution in [0.2, 0.25) is 0 Å². The lowest BCUT2D eigenvalue weighted by atomic mass is 10.1. The molecule has 0 aliphatic carbocycles. The standard InChI is InChI=1S/C11H11NO2/c1-9(11(13)12-14)7-8-10-5-3-2-4-6-10/h2-6,9,14H,1H3,(H,12,13). The highest BCUT2D eigenvalue weighted by Gasteiger charge is 2.06. The van der Waals surface area contributed by atoms with Crippen molar-refractivity contribution in [3.8, 4) is 11.8 Å². The molecule has 3 heteroatoms. The Labute approximate surface area is 82.7 Å². The van der Waals surface area contributed by atoms with E-state index in [0.717, 1.165) is 5.56 Å². The number of hydroxylamine groups is 1. The summed E-state index contributed by atoms with van der Waals surface area (Å²) in [5.74, 6) is 4.56. The van der Waals surface area contributed by atoms with Gasteiger partial charge in [-0.15, -0.1) is 0 Å². The van der Waals surface area contributed by atoms with E-state index >= 15 is 0 Å². The van der Waals surface area contributed by atoms with E-state index in [-0.39, 0.29) is 0 Å². The number of amides is 1. The highest BCUT2D eigenvalue weighted by atomic mass is 16.5. The first-order valence-corrected chi connectivity index (χ1v) is 4.24. The Hall–Kier alpha value is -1.79. The van der Waals surface area contributed by atoms with Gasteiger partial charge in [0.05, 0.1) is 5.92 Å². The zero-order valence-electron chi connectivity index (χ0n) is 7.82. The number of hydrogen-bond acceptors (Lipinski definition) is 2. The Morgan fingerprint density at radius 3 is 2.64 bits per heavy atom. The van der Waals surface area contributed by atoms with Gasteiger partial charge in [0.15, 0.2) is 0 Å². The fourth-order valence-electron chi connectivity index (χ4n) is 0.875. The Balaban J connectivity index is 2.69. The van der Waals surface area contributed by atoms with Crippen molar-refractivity contribution in [3.05, 3.63) is 35.9 Å². The molecule has 0 aliphatic heterocycles. The third kappa shape index (κ3) is 2.92. The maximum atomic E-state index is 10.9. The minimum atomic E-state index is -0.514. The van der Waals surface area contributed by atoms with Crippen LogP contribution in [0.1, 0.15) is 12.5 Å². The summed E-state index contributed by atoms with van der Waals surface area (Å²) in [6.45, 7) is 1.63. The molecule has 1 aromatic carbocycles. The molecule has 1 unspecified atom stereocenters. The van der Waals surface area contributed by atoms with Gasteiger partial charge >= 0.3 is 0 Å². The number of rotatable bonds is 1. The number of nitrogens with one attached hydrogen (secondary N) is 1. The Kier molecular flexibility index (Phi) is 3.71. The van der Waals surface area contributed by atoms with Crippen LogP contribution in [0.15, 0.2) is 30.3 Å². The highest BCUT2D eigenvalue weighted by molar-refractivity contribution is 5.80. The van der Waals surface area contributed by atoms with Crippen molar-refractivity contribution < 1.29 is 10.0 Å². The molecule has 0 aliphatic rings. The van der Waals surface area contributed by atoms with Crippen LogP contribution < -0.4 is 5.48 Å². The molecule has 0 spiro atoms. The average molecular weight is 189 g/mol. The fraction of sp³-hybridized carbons (Fsp3) is 0.182. The van der Waals surface area contributed by atoms with Crippen molar-refractivity contribution in [1.82, 2.24) is 5.48 Å². The number of carbonyl (C=O) groups is 1. The van der Waals surface area contributed by atoms with E-state index in [2.05, 4.69) is 11.8 Å². The van der Waals surface area contributed by atoms with Gasteiger partial charge in [0, 0.05) is 5.56 Å². The van der Waals surface area contributed by atoms with Gasteiger partial charge in [-0.3, -0.25) is 10.0 Å². The van der Waals surface area contributed by atoms with Gasteiger partial charge in [0.2, 0.25) is 0 Å². The summed E-state index contributed by atoms with van der Waals surface area (Å²) in [6, 6.07) is 9.36. The zero-order chi connectivity index (χ0) is 10.4. The predicted octanol–water partition coefficient (Wildman–Crippen LogP) is 1.18. The average Bonchev–Trinajstić information content (AvgIpc) is 2.26. The van der Waals surface area contributed by atoms with E-state index in [1.165, 1.54) is 0 Å². The summed E-state index contributed by atoms with van der Waals surface area (Å²) in [7, 11) is 0. The van der Waals surface area contributed by atoms with Gasteiger partial charge in [-0.1, -0.05) is 30.0 Å². The summed E-state index contributed by atoms with van der Waals surface area (Å²) >= 11 is 0. The highest BCUT2D eigenvalue weighted by Crippen LogP contribution is 1.97. The maximum Gasteiger partial charge on any atom is 0.258 e. The summed E-state index contributed by atoms with van der Waals surface area (Å²) in [5.41, 5.74) is 2.41. The number of benzene rings is 1. The molecule has 0 fully saturated rings. The monoisotopic (exact) mass is 189 g/mol. The first-order chi connectivity index (χ1) is 6.74. The molecule has 0 heterocycles. The van der Waals surface area contributed by atoms with Crippen molar-refractivity contribution >= 4 is 5.91 Å². The smallest absolute Gasteiger partial charge is 0.258 e. The molecule has 0 aromatic heterocycles. The van der Waals surface area contributed by atoms with E-state index < -0.39 is 11.8 Å². The van der Waals surface area contributed by atoms with Gasteiger partial charge in [0.25, 0.3) is 5.91 Å². The summed E-state index contributed by atoms with van der Waals surface area (Å²) in [4.78, 5) is 10.9. The lowest BCUT2D eigenvalue weighted by Gasteiger charge is -1.98.